The summed E-state index contributed by atoms with van der Waals surface area (Å²) in [4.78, 5) is 23.2. The van der Waals surface area contributed by atoms with Crippen molar-refractivity contribution in [2.45, 2.75) is 6.42 Å². The van der Waals surface area contributed by atoms with Crippen molar-refractivity contribution in [1.82, 2.24) is 0 Å². The quantitative estimate of drug-likeness (QED) is 0.835. The average Bonchev–Trinajstić information content (AvgIpc) is 2.79. The topological polar surface area (TPSA) is 89.5 Å². The molecule has 2 rings (SSSR count). The number of nitrogens with one attached hydrogen (secondary N) is 1. The van der Waals surface area contributed by atoms with Crippen LogP contribution in [0.1, 0.15) is 16.8 Å². The van der Waals surface area contributed by atoms with Crippen molar-refractivity contribution in [2.75, 3.05) is 23.9 Å². The Balaban J connectivity index is 2.00. The highest BCUT2D eigenvalue weighted by atomic mass is 32.2. The van der Waals surface area contributed by atoms with E-state index in [1.165, 1.54) is 19.2 Å². The molecule has 1 atom stereocenters. The molecule has 0 bridgehead atoms. The van der Waals surface area contributed by atoms with Crippen LogP contribution in [0.4, 0.5) is 5.69 Å². The van der Waals surface area contributed by atoms with Crippen molar-refractivity contribution in [2.24, 2.45) is 5.92 Å². The van der Waals surface area contributed by atoms with E-state index in [9.17, 15) is 18.0 Å². The number of esters is 1. The van der Waals surface area contributed by atoms with Gasteiger partial charge in [-0.05, 0) is 30.7 Å². The molecule has 1 N–H and O–H groups in total. The highest BCUT2D eigenvalue weighted by Gasteiger charge is 2.32. The summed E-state index contributed by atoms with van der Waals surface area (Å²) in [6.45, 7) is 0. The molecule has 1 heterocycles. The molecule has 1 aromatic rings. The second-order valence-electron chi connectivity index (χ2n) is 4.66. The Morgan fingerprint density at radius 3 is 2.40 bits per heavy atom. The number of rotatable bonds is 3. The van der Waals surface area contributed by atoms with E-state index < -0.39 is 21.7 Å². The second kappa shape index (κ2) is 5.62. The summed E-state index contributed by atoms with van der Waals surface area (Å²) in [7, 11) is -1.79. The van der Waals surface area contributed by atoms with Gasteiger partial charge in [0.2, 0.25) is 5.91 Å². The van der Waals surface area contributed by atoms with Crippen LogP contribution < -0.4 is 5.32 Å². The van der Waals surface area contributed by atoms with E-state index >= 15 is 0 Å². The molecule has 6 nitrogen and oxygen atoms in total. The standard InChI is InChI=1S/C13H15NO5S/c1-19-13(16)9-2-4-11(5-3-9)14-12(15)10-6-7-20(17,18)8-10/h2-5,10H,6-8H2,1H3,(H,14,15)/t10-/m0/s1. The molecule has 0 spiro atoms. The zero-order chi connectivity index (χ0) is 14.8. The molecule has 20 heavy (non-hydrogen) atoms. The van der Waals surface area contributed by atoms with E-state index in [1.807, 2.05) is 0 Å². The number of anilines is 1. The van der Waals surface area contributed by atoms with Gasteiger partial charge in [-0.1, -0.05) is 0 Å². The van der Waals surface area contributed by atoms with E-state index in [0.29, 0.717) is 17.7 Å². The summed E-state index contributed by atoms with van der Waals surface area (Å²) in [6, 6.07) is 6.22. The number of hydrogen-bond donors (Lipinski definition) is 1. The Hall–Kier alpha value is -1.89. The van der Waals surface area contributed by atoms with E-state index in [2.05, 4.69) is 10.1 Å². The first-order valence-electron chi connectivity index (χ1n) is 6.11. The number of carbonyl (C=O) groups excluding carboxylic acids is 2. The zero-order valence-electron chi connectivity index (χ0n) is 11.0. The van der Waals surface area contributed by atoms with Gasteiger partial charge in [0.15, 0.2) is 9.84 Å². The van der Waals surface area contributed by atoms with Gasteiger partial charge in [0.05, 0.1) is 30.1 Å². The van der Waals surface area contributed by atoms with Crippen LogP contribution in [-0.4, -0.2) is 38.9 Å². The number of benzene rings is 1. The lowest BCUT2D eigenvalue weighted by atomic mass is 10.1. The van der Waals surface area contributed by atoms with Crippen molar-refractivity contribution in [3.05, 3.63) is 29.8 Å². The van der Waals surface area contributed by atoms with Crippen molar-refractivity contribution in [3.8, 4) is 0 Å². The maximum absolute atomic E-state index is 11.9. The van der Waals surface area contributed by atoms with Gasteiger partial charge in [-0.3, -0.25) is 4.79 Å². The van der Waals surface area contributed by atoms with Crippen LogP contribution in [0.15, 0.2) is 24.3 Å². The van der Waals surface area contributed by atoms with Crippen LogP contribution in [0, 0.1) is 5.92 Å². The number of carbonyl (C=O) groups is 2. The molecule has 1 saturated heterocycles. The molecule has 1 aliphatic heterocycles. The summed E-state index contributed by atoms with van der Waals surface area (Å²) < 4.78 is 27.2. The minimum absolute atomic E-state index is 0.0619. The predicted octanol–water partition coefficient (Wildman–Crippen LogP) is 0.846. The molecule has 0 aromatic heterocycles. The maximum atomic E-state index is 11.9. The maximum Gasteiger partial charge on any atom is 0.337 e. The number of sulfone groups is 1. The molecule has 0 aliphatic carbocycles. The lowest BCUT2D eigenvalue weighted by Gasteiger charge is -2.09. The van der Waals surface area contributed by atoms with Gasteiger partial charge in [0.25, 0.3) is 0 Å². The molecule has 1 fully saturated rings. The number of amides is 1. The third-order valence-electron chi connectivity index (χ3n) is 3.18. The molecule has 0 radical (unpaired) electrons. The summed E-state index contributed by atoms with van der Waals surface area (Å²) >= 11 is 0. The molecular formula is C13H15NO5S. The molecule has 0 unspecified atom stereocenters. The van der Waals surface area contributed by atoms with E-state index in [-0.39, 0.29) is 17.4 Å². The third-order valence-corrected chi connectivity index (χ3v) is 4.94. The van der Waals surface area contributed by atoms with E-state index in [1.54, 1.807) is 12.1 Å². The van der Waals surface area contributed by atoms with Gasteiger partial charge in [-0.2, -0.15) is 0 Å². The number of ether oxygens (including phenoxy) is 1. The van der Waals surface area contributed by atoms with Crippen molar-refractivity contribution in [1.29, 1.82) is 0 Å². The van der Waals surface area contributed by atoms with Gasteiger partial charge in [-0.15, -0.1) is 0 Å². The molecule has 7 heteroatoms. The van der Waals surface area contributed by atoms with Crippen LogP contribution in [0.25, 0.3) is 0 Å². The predicted molar refractivity (Wildman–Crippen MR) is 73.2 cm³/mol. The molecular weight excluding hydrogens is 282 g/mol. The minimum atomic E-state index is -3.08. The lowest BCUT2D eigenvalue weighted by Crippen LogP contribution is -2.23. The van der Waals surface area contributed by atoms with Gasteiger partial charge in [0, 0.05) is 5.69 Å². The fourth-order valence-electron chi connectivity index (χ4n) is 2.05. The summed E-state index contributed by atoms with van der Waals surface area (Å²) in [5, 5.41) is 2.65. The number of hydrogen-bond acceptors (Lipinski definition) is 5. The smallest absolute Gasteiger partial charge is 0.337 e. The normalized spacial score (nSPS) is 20.4. The first-order chi connectivity index (χ1) is 9.41. The summed E-state index contributed by atoms with van der Waals surface area (Å²) in [6.07, 6.45) is 0.356. The van der Waals surface area contributed by atoms with Crippen molar-refractivity contribution < 1.29 is 22.7 Å². The fourth-order valence-corrected chi connectivity index (χ4v) is 3.80. The van der Waals surface area contributed by atoms with Crippen LogP contribution in [-0.2, 0) is 19.4 Å². The van der Waals surface area contributed by atoms with Crippen molar-refractivity contribution >= 4 is 27.4 Å². The SMILES string of the molecule is COC(=O)c1ccc(NC(=O)[C@H]2CCS(=O)(=O)C2)cc1. The average molecular weight is 297 g/mol. The Morgan fingerprint density at radius 2 is 1.90 bits per heavy atom. The highest BCUT2D eigenvalue weighted by Crippen LogP contribution is 2.20. The van der Waals surface area contributed by atoms with Gasteiger partial charge in [-0.25, -0.2) is 13.2 Å². The van der Waals surface area contributed by atoms with Crippen LogP contribution in [0.2, 0.25) is 0 Å². The number of methoxy groups -OCH3 is 1. The molecule has 0 saturated carbocycles. The summed E-state index contributed by atoms with van der Waals surface area (Å²) in [5.74, 6) is -1.30. The Kier molecular flexibility index (Phi) is 4.08. The van der Waals surface area contributed by atoms with Crippen LogP contribution in [0.5, 0.6) is 0 Å². The monoisotopic (exact) mass is 297 g/mol. The summed E-state index contributed by atoms with van der Waals surface area (Å²) in [5.41, 5.74) is 0.904. The van der Waals surface area contributed by atoms with Gasteiger partial charge < -0.3 is 10.1 Å². The van der Waals surface area contributed by atoms with Crippen LogP contribution >= 0.6 is 0 Å². The van der Waals surface area contributed by atoms with E-state index in [4.69, 9.17) is 0 Å². The largest absolute Gasteiger partial charge is 0.465 e. The molecule has 108 valence electrons. The third kappa shape index (κ3) is 3.36. The Morgan fingerprint density at radius 1 is 1.25 bits per heavy atom. The molecule has 1 aromatic carbocycles. The first-order valence-corrected chi connectivity index (χ1v) is 7.93. The van der Waals surface area contributed by atoms with Crippen LogP contribution in [0.3, 0.4) is 0 Å². The first kappa shape index (κ1) is 14.5. The van der Waals surface area contributed by atoms with E-state index in [0.717, 1.165) is 0 Å². The zero-order valence-corrected chi connectivity index (χ0v) is 11.8. The minimum Gasteiger partial charge on any atom is -0.465 e. The second-order valence-corrected chi connectivity index (χ2v) is 6.89. The lowest BCUT2D eigenvalue weighted by molar-refractivity contribution is -0.119. The van der Waals surface area contributed by atoms with Crippen molar-refractivity contribution in [3.63, 3.8) is 0 Å². The molecule has 1 aliphatic rings. The molecule has 1 amide bonds. The Bertz CT molecular complexity index is 621. The van der Waals surface area contributed by atoms with Gasteiger partial charge in [0.1, 0.15) is 0 Å². The Labute approximate surface area is 117 Å². The highest BCUT2D eigenvalue weighted by molar-refractivity contribution is 7.91. The fraction of sp³-hybridized carbons (Fsp3) is 0.385. The van der Waals surface area contributed by atoms with Gasteiger partial charge >= 0.3 is 5.97 Å².